The van der Waals surface area contributed by atoms with Gasteiger partial charge in [-0.05, 0) is 57.7 Å². The maximum atomic E-state index is 13.2. The predicted molar refractivity (Wildman–Crippen MR) is 150 cm³/mol. The highest BCUT2D eigenvalue weighted by Gasteiger charge is 2.46. The summed E-state index contributed by atoms with van der Waals surface area (Å²) >= 11 is 0. The van der Waals surface area contributed by atoms with Gasteiger partial charge in [-0.15, -0.1) is 0 Å². The maximum absolute atomic E-state index is 13.2. The molecule has 2 heterocycles. The Bertz CT molecular complexity index is 834. The average molecular weight is 538 g/mol. The van der Waals surface area contributed by atoms with Gasteiger partial charge in [0.1, 0.15) is 11.7 Å². The Kier molecular flexibility index (Phi) is 15.2. The van der Waals surface area contributed by atoms with Gasteiger partial charge < -0.3 is 23.7 Å². The number of carbonyl (C=O) groups is 2. The molecule has 3 unspecified atom stereocenters. The Balaban J connectivity index is 0.00000110. The Hall–Kier alpha value is -2.48. The number of rotatable bonds is 8. The van der Waals surface area contributed by atoms with E-state index in [0.29, 0.717) is 37.6 Å². The molecule has 38 heavy (non-hydrogen) atoms. The van der Waals surface area contributed by atoms with E-state index in [1.807, 2.05) is 39.0 Å². The number of hydrogen-bond acceptors (Lipinski definition) is 7. The number of amides is 1. The van der Waals surface area contributed by atoms with Crippen LogP contribution >= 0.6 is 0 Å². The quantitative estimate of drug-likeness (QED) is 0.258. The van der Waals surface area contributed by atoms with E-state index in [1.54, 1.807) is 19.1 Å². The van der Waals surface area contributed by atoms with E-state index in [0.717, 1.165) is 24.8 Å². The van der Waals surface area contributed by atoms with Crippen molar-refractivity contribution in [2.24, 2.45) is 0 Å². The van der Waals surface area contributed by atoms with Crippen molar-refractivity contribution < 1.29 is 33.3 Å². The zero-order valence-electron chi connectivity index (χ0n) is 25.1. The molecule has 0 saturated carbocycles. The van der Waals surface area contributed by atoms with Gasteiger partial charge >= 0.3 is 12.1 Å². The minimum Gasteiger partial charge on any atom is -0.493 e. The third-order valence-electron chi connectivity index (χ3n) is 5.70. The molecule has 0 bridgehead atoms. The first-order valence-electron chi connectivity index (χ1n) is 14.1. The second-order valence-electron chi connectivity index (χ2n) is 10.6. The molecule has 2 aliphatic rings. The molecule has 2 fully saturated rings. The first kappa shape index (κ1) is 33.5. The standard InChI is InChI=1S/C24H35NO7.2C3H8/c1-24(2,3)32-23(27)25-17(8-9-18(25)19-11-12-22(26)31-19)16-7-10-20(29-5)21(15-16)30-14-6-13-28-4;2*1-3-2/h7,10,15,17-19H,6,8-9,11-14H2,1-5H3;2*3H2,1-2H3. The number of cyclic esters (lactones) is 1. The molecule has 2 aliphatic heterocycles. The average Bonchev–Trinajstić information content (AvgIpc) is 3.48. The molecule has 2 saturated heterocycles. The number of likely N-dealkylation sites (tertiary alicyclic amines) is 1. The summed E-state index contributed by atoms with van der Waals surface area (Å²) in [5, 5.41) is 0. The summed E-state index contributed by atoms with van der Waals surface area (Å²) in [5.74, 6) is 1.05. The molecule has 0 N–H and O–H groups in total. The molecule has 218 valence electrons. The lowest BCUT2D eigenvalue weighted by atomic mass is 10.0. The van der Waals surface area contributed by atoms with Crippen molar-refractivity contribution in [1.82, 2.24) is 4.90 Å². The van der Waals surface area contributed by atoms with Crippen LogP contribution in [-0.4, -0.2) is 62.1 Å². The van der Waals surface area contributed by atoms with Crippen molar-refractivity contribution in [3.05, 3.63) is 23.8 Å². The van der Waals surface area contributed by atoms with Gasteiger partial charge in [0.25, 0.3) is 0 Å². The van der Waals surface area contributed by atoms with Gasteiger partial charge in [0, 0.05) is 26.6 Å². The van der Waals surface area contributed by atoms with Crippen LogP contribution in [0.4, 0.5) is 4.79 Å². The molecule has 8 heteroatoms. The van der Waals surface area contributed by atoms with Gasteiger partial charge in [0.2, 0.25) is 0 Å². The van der Waals surface area contributed by atoms with E-state index < -0.39 is 11.7 Å². The predicted octanol–water partition coefficient (Wildman–Crippen LogP) is 7.09. The first-order valence-corrected chi connectivity index (χ1v) is 14.1. The number of methoxy groups -OCH3 is 2. The van der Waals surface area contributed by atoms with Gasteiger partial charge in [0.15, 0.2) is 11.5 Å². The molecular formula is C30H51NO7. The number of hydrogen-bond donors (Lipinski definition) is 0. The summed E-state index contributed by atoms with van der Waals surface area (Å²) in [5.41, 5.74) is 0.307. The fourth-order valence-corrected chi connectivity index (χ4v) is 4.32. The van der Waals surface area contributed by atoms with Crippen molar-refractivity contribution in [3.63, 3.8) is 0 Å². The highest BCUT2D eigenvalue weighted by Crippen LogP contribution is 2.43. The number of ether oxygens (including phenoxy) is 5. The van der Waals surface area contributed by atoms with Gasteiger partial charge in [-0.1, -0.05) is 46.6 Å². The zero-order valence-corrected chi connectivity index (χ0v) is 25.1. The van der Waals surface area contributed by atoms with E-state index in [4.69, 9.17) is 23.7 Å². The Morgan fingerprint density at radius 1 is 1.00 bits per heavy atom. The molecule has 0 aliphatic carbocycles. The molecule has 1 amide bonds. The van der Waals surface area contributed by atoms with Gasteiger partial charge in [0.05, 0.1) is 25.8 Å². The third-order valence-corrected chi connectivity index (χ3v) is 5.70. The highest BCUT2D eigenvalue weighted by atomic mass is 16.6. The fraction of sp³-hybridized carbons (Fsp3) is 0.733. The van der Waals surface area contributed by atoms with Gasteiger partial charge in [-0.3, -0.25) is 9.69 Å². The lowest BCUT2D eigenvalue weighted by Crippen LogP contribution is -2.46. The highest BCUT2D eigenvalue weighted by molar-refractivity contribution is 5.73. The number of esters is 1. The van der Waals surface area contributed by atoms with Crippen LogP contribution in [0, 0.1) is 0 Å². The van der Waals surface area contributed by atoms with Crippen LogP contribution in [0.3, 0.4) is 0 Å². The van der Waals surface area contributed by atoms with E-state index in [1.165, 1.54) is 12.8 Å². The monoisotopic (exact) mass is 537 g/mol. The summed E-state index contributed by atoms with van der Waals surface area (Å²) in [6.45, 7) is 15.1. The van der Waals surface area contributed by atoms with Crippen molar-refractivity contribution in [2.75, 3.05) is 27.4 Å². The number of benzene rings is 1. The molecule has 0 spiro atoms. The third kappa shape index (κ3) is 10.7. The first-order chi connectivity index (χ1) is 18.1. The number of carbonyl (C=O) groups excluding carboxylic acids is 2. The molecule has 3 rings (SSSR count). The van der Waals surface area contributed by atoms with Crippen molar-refractivity contribution >= 4 is 12.1 Å². The van der Waals surface area contributed by atoms with Gasteiger partial charge in [-0.25, -0.2) is 4.79 Å². The van der Waals surface area contributed by atoms with E-state index >= 15 is 0 Å². The van der Waals surface area contributed by atoms with Crippen LogP contribution in [0.5, 0.6) is 11.5 Å². The summed E-state index contributed by atoms with van der Waals surface area (Å²) < 4.78 is 27.7. The van der Waals surface area contributed by atoms with Crippen molar-refractivity contribution in [2.45, 2.75) is 117 Å². The molecule has 8 nitrogen and oxygen atoms in total. The fourth-order valence-electron chi connectivity index (χ4n) is 4.32. The molecule has 0 aromatic heterocycles. The topological polar surface area (TPSA) is 83.5 Å². The summed E-state index contributed by atoms with van der Waals surface area (Å²) in [4.78, 5) is 26.7. The summed E-state index contributed by atoms with van der Waals surface area (Å²) in [7, 11) is 3.26. The van der Waals surface area contributed by atoms with Crippen LogP contribution in [0.25, 0.3) is 0 Å². The smallest absolute Gasteiger partial charge is 0.411 e. The van der Waals surface area contributed by atoms with E-state index in [-0.39, 0.29) is 24.2 Å². The molecule has 1 aromatic rings. The SMILES string of the molecule is CCC.CCC.COCCCOc1cc(C2CCC(C3CCC(=O)O3)N2C(=O)OC(C)(C)C)ccc1OC. The van der Waals surface area contributed by atoms with Crippen LogP contribution in [0.15, 0.2) is 18.2 Å². The normalized spacial score (nSPS) is 20.5. The largest absolute Gasteiger partial charge is 0.493 e. The molecule has 0 radical (unpaired) electrons. The van der Waals surface area contributed by atoms with Crippen LogP contribution in [0.2, 0.25) is 0 Å². The second-order valence-corrected chi connectivity index (χ2v) is 10.6. The number of nitrogens with zero attached hydrogens (tertiary/aromatic N) is 1. The molecular weight excluding hydrogens is 486 g/mol. The van der Waals surface area contributed by atoms with Gasteiger partial charge in [-0.2, -0.15) is 0 Å². The van der Waals surface area contributed by atoms with Crippen LogP contribution in [0.1, 0.15) is 105 Å². The zero-order chi connectivity index (χ0) is 28.7. The summed E-state index contributed by atoms with van der Waals surface area (Å²) in [6, 6.07) is 5.32. The lowest BCUT2D eigenvalue weighted by Gasteiger charge is -2.34. The van der Waals surface area contributed by atoms with Crippen LogP contribution in [-0.2, 0) is 19.0 Å². The van der Waals surface area contributed by atoms with Crippen molar-refractivity contribution in [1.29, 1.82) is 0 Å². The van der Waals surface area contributed by atoms with Crippen molar-refractivity contribution in [3.8, 4) is 11.5 Å². The minimum absolute atomic E-state index is 0.207. The Labute approximate surface area is 230 Å². The Morgan fingerprint density at radius 2 is 1.66 bits per heavy atom. The minimum atomic E-state index is -0.628. The Morgan fingerprint density at radius 3 is 2.18 bits per heavy atom. The maximum Gasteiger partial charge on any atom is 0.411 e. The molecule has 1 aromatic carbocycles. The van der Waals surface area contributed by atoms with E-state index in [9.17, 15) is 9.59 Å². The molecule has 3 atom stereocenters. The van der Waals surface area contributed by atoms with E-state index in [2.05, 4.69) is 27.7 Å². The summed E-state index contributed by atoms with van der Waals surface area (Å²) in [6.07, 6.45) is 5.04. The van der Waals surface area contributed by atoms with Crippen LogP contribution < -0.4 is 9.47 Å². The second kappa shape index (κ2) is 17.2. The lowest BCUT2D eigenvalue weighted by molar-refractivity contribution is -0.143.